The van der Waals surface area contributed by atoms with Gasteiger partial charge in [0, 0.05) is 18.8 Å². The van der Waals surface area contributed by atoms with Crippen LogP contribution in [0, 0.1) is 11.7 Å². The molecule has 6 nitrogen and oxygen atoms in total. The quantitative estimate of drug-likeness (QED) is 0.342. The van der Waals surface area contributed by atoms with Crippen molar-refractivity contribution in [2.45, 2.75) is 50.0 Å². The minimum Gasteiger partial charge on any atom is -0.480 e. The normalized spacial score (nSPS) is 19.9. The first-order valence-electron chi connectivity index (χ1n) is 10.7. The van der Waals surface area contributed by atoms with E-state index in [4.69, 9.17) is 15.8 Å². The smallest absolute Gasteiger partial charge is 0.451 e. The van der Waals surface area contributed by atoms with Gasteiger partial charge in [-0.1, -0.05) is 37.1 Å². The third-order valence-corrected chi connectivity index (χ3v) is 6.54. The van der Waals surface area contributed by atoms with Crippen LogP contribution in [0.5, 0.6) is 0 Å². The molecule has 0 amide bonds. The number of benzene rings is 2. The van der Waals surface area contributed by atoms with Gasteiger partial charge in [-0.05, 0) is 66.9 Å². The van der Waals surface area contributed by atoms with Crippen LogP contribution < -0.4 is 10.6 Å². The molecular formula is C23H30BFN2O4. The summed E-state index contributed by atoms with van der Waals surface area (Å²) < 4.78 is 13.1. The molecule has 1 fully saturated rings. The van der Waals surface area contributed by atoms with Gasteiger partial charge in [0.05, 0.1) is 0 Å². The summed E-state index contributed by atoms with van der Waals surface area (Å²) in [4.78, 5) is 14.0. The number of halogens is 1. The lowest BCUT2D eigenvalue weighted by Gasteiger charge is -2.48. The first-order valence-corrected chi connectivity index (χ1v) is 10.7. The Morgan fingerprint density at radius 1 is 1.10 bits per heavy atom. The number of nitrogens with two attached hydrogens (primary N) is 1. The van der Waals surface area contributed by atoms with E-state index in [2.05, 4.69) is 4.90 Å². The number of hydrogen-bond donors (Lipinski definition) is 4. The standard InChI is InChI=1S/C23H30BFN2O4/c1-27(20-10-6-17(7-11-20)16-4-8-19(25)9-5-16)21-14-18(15-21)23(26,22(28)29)12-2-3-13-24(30)31/h4-11,18,21,30-31H,2-3,12-15,26H2,1H3,(H,28,29)/t18-,21-,23-/m0/s1. The largest absolute Gasteiger partial charge is 0.480 e. The van der Waals surface area contributed by atoms with Gasteiger partial charge in [0.2, 0.25) is 0 Å². The van der Waals surface area contributed by atoms with Gasteiger partial charge in [-0.25, -0.2) is 4.39 Å². The lowest BCUT2D eigenvalue weighted by Crippen LogP contribution is -2.61. The van der Waals surface area contributed by atoms with Crippen molar-refractivity contribution in [3.8, 4) is 11.1 Å². The average Bonchev–Trinajstić information content (AvgIpc) is 2.70. The van der Waals surface area contributed by atoms with E-state index in [0.717, 1.165) is 16.8 Å². The monoisotopic (exact) mass is 428 g/mol. The molecule has 1 atom stereocenters. The third kappa shape index (κ3) is 5.45. The van der Waals surface area contributed by atoms with Gasteiger partial charge in [-0.2, -0.15) is 0 Å². The second-order valence-corrected chi connectivity index (χ2v) is 8.56. The minimum absolute atomic E-state index is 0.116. The topological polar surface area (TPSA) is 107 Å². The lowest BCUT2D eigenvalue weighted by atomic mass is 9.65. The number of aliphatic carboxylic acids is 1. The highest BCUT2D eigenvalue weighted by atomic mass is 19.1. The van der Waals surface area contributed by atoms with Crippen molar-refractivity contribution in [3.05, 3.63) is 54.3 Å². The molecule has 0 bridgehead atoms. The number of carbonyl (C=O) groups is 1. The van der Waals surface area contributed by atoms with Gasteiger partial charge >= 0.3 is 13.1 Å². The van der Waals surface area contributed by atoms with Crippen molar-refractivity contribution in [2.75, 3.05) is 11.9 Å². The molecule has 5 N–H and O–H groups in total. The number of unbranched alkanes of at least 4 members (excludes halogenated alkanes) is 1. The first kappa shape index (κ1) is 23.3. The Labute approximate surface area is 182 Å². The van der Waals surface area contributed by atoms with Crippen molar-refractivity contribution in [3.63, 3.8) is 0 Å². The molecule has 0 heterocycles. The number of rotatable bonds is 10. The summed E-state index contributed by atoms with van der Waals surface area (Å²) in [5.41, 5.74) is 7.98. The second-order valence-electron chi connectivity index (χ2n) is 8.56. The third-order valence-electron chi connectivity index (χ3n) is 6.54. The molecule has 2 aromatic carbocycles. The zero-order valence-electron chi connectivity index (χ0n) is 17.7. The summed E-state index contributed by atoms with van der Waals surface area (Å²) in [6.45, 7) is 0. The summed E-state index contributed by atoms with van der Waals surface area (Å²) in [6.07, 6.45) is 3.01. The Balaban J connectivity index is 1.57. The molecule has 0 aromatic heterocycles. The maximum absolute atomic E-state index is 13.1. The molecule has 0 saturated heterocycles. The second kappa shape index (κ2) is 9.81. The Morgan fingerprint density at radius 2 is 1.65 bits per heavy atom. The van der Waals surface area contributed by atoms with Crippen LogP contribution in [0.15, 0.2) is 48.5 Å². The zero-order chi connectivity index (χ0) is 22.6. The summed E-state index contributed by atoms with van der Waals surface area (Å²) in [5.74, 6) is -1.37. The summed E-state index contributed by atoms with van der Waals surface area (Å²) >= 11 is 0. The molecule has 31 heavy (non-hydrogen) atoms. The maximum Gasteiger partial charge on any atom is 0.451 e. The van der Waals surface area contributed by atoms with Gasteiger partial charge in [-0.15, -0.1) is 0 Å². The number of anilines is 1. The van der Waals surface area contributed by atoms with Crippen LogP contribution in [-0.2, 0) is 4.79 Å². The van der Waals surface area contributed by atoms with Crippen molar-refractivity contribution in [1.29, 1.82) is 0 Å². The summed E-state index contributed by atoms with van der Waals surface area (Å²) in [7, 11) is 0.628. The van der Waals surface area contributed by atoms with Crippen LogP contribution in [0.4, 0.5) is 10.1 Å². The molecule has 0 spiro atoms. The Kier molecular flexibility index (Phi) is 7.36. The fourth-order valence-corrected chi connectivity index (χ4v) is 4.30. The molecule has 0 radical (unpaired) electrons. The molecule has 1 aliphatic rings. The van der Waals surface area contributed by atoms with Gasteiger partial charge in [0.15, 0.2) is 0 Å². The van der Waals surface area contributed by atoms with Crippen molar-refractivity contribution in [2.24, 2.45) is 11.7 Å². The lowest BCUT2D eigenvalue weighted by molar-refractivity contribution is -0.147. The number of hydrogen-bond acceptors (Lipinski definition) is 5. The zero-order valence-corrected chi connectivity index (χ0v) is 17.7. The molecule has 3 rings (SSSR count). The first-order chi connectivity index (χ1) is 14.7. The van der Waals surface area contributed by atoms with E-state index in [-0.39, 0.29) is 24.1 Å². The van der Waals surface area contributed by atoms with Crippen LogP contribution in [0.3, 0.4) is 0 Å². The molecule has 2 aromatic rings. The minimum atomic E-state index is -1.37. The van der Waals surface area contributed by atoms with E-state index in [9.17, 15) is 14.3 Å². The van der Waals surface area contributed by atoms with E-state index in [1.54, 1.807) is 12.1 Å². The van der Waals surface area contributed by atoms with E-state index in [1.165, 1.54) is 12.1 Å². The SMILES string of the molecule is CN(c1ccc(-c2ccc(F)cc2)cc1)[C@H]1C[C@H]([C@@](N)(CCCCB(O)O)C(=O)O)C1. The molecule has 0 unspecified atom stereocenters. The highest BCUT2D eigenvalue weighted by Gasteiger charge is 2.49. The number of nitrogens with zero attached hydrogens (tertiary/aromatic N) is 1. The summed E-state index contributed by atoms with van der Waals surface area (Å²) in [5, 5.41) is 27.6. The predicted octanol–water partition coefficient (Wildman–Crippen LogP) is 3.13. The Hall–Kier alpha value is -2.42. The average molecular weight is 428 g/mol. The van der Waals surface area contributed by atoms with Gasteiger partial charge in [0.1, 0.15) is 11.4 Å². The van der Waals surface area contributed by atoms with Crippen LogP contribution >= 0.6 is 0 Å². The Morgan fingerprint density at radius 3 is 2.16 bits per heavy atom. The van der Waals surface area contributed by atoms with E-state index < -0.39 is 18.6 Å². The van der Waals surface area contributed by atoms with Gasteiger partial charge < -0.3 is 25.8 Å². The fourth-order valence-electron chi connectivity index (χ4n) is 4.30. The van der Waals surface area contributed by atoms with Gasteiger partial charge in [-0.3, -0.25) is 4.79 Å². The fraction of sp³-hybridized carbons (Fsp3) is 0.435. The van der Waals surface area contributed by atoms with E-state index in [1.807, 2.05) is 31.3 Å². The van der Waals surface area contributed by atoms with E-state index >= 15 is 0 Å². The molecular weight excluding hydrogens is 398 g/mol. The molecule has 0 aliphatic heterocycles. The van der Waals surface area contributed by atoms with Crippen LogP contribution in [0.25, 0.3) is 11.1 Å². The Bertz CT molecular complexity index is 872. The van der Waals surface area contributed by atoms with Crippen LogP contribution in [-0.4, -0.2) is 46.9 Å². The van der Waals surface area contributed by atoms with Gasteiger partial charge in [0.25, 0.3) is 0 Å². The van der Waals surface area contributed by atoms with Crippen LogP contribution in [0.2, 0.25) is 6.32 Å². The molecule has 166 valence electrons. The molecule has 1 saturated carbocycles. The number of carboxylic acid groups (broad SMARTS) is 1. The highest BCUT2D eigenvalue weighted by molar-refractivity contribution is 6.40. The highest BCUT2D eigenvalue weighted by Crippen LogP contribution is 2.42. The van der Waals surface area contributed by atoms with Crippen molar-refractivity contribution in [1.82, 2.24) is 0 Å². The molecule has 8 heteroatoms. The molecule has 1 aliphatic carbocycles. The predicted molar refractivity (Wildman–Crippen MR) is 120 cm³/mol. The van der Waals surface area contributed by atoms with E-state index in [0.29, 0.717) is 32.1 Å². The maximum atomic E-state index is 13.1. The van der Waals surface area contributed by atoms with Crippen LogP contribution in [0.1, 0.15) is 32.1 Å². The van der Waals surface area contributed by atoms with Crippen molar-refractivity contribution < 1.29 is 24.3 Å². The van der Waals surface area contributed by atoms with Crippen molar-refractivity contribution >= 4 is 18.8 Å². The summed E-state index contributed by atoms with van der Waals surface area (Å²) in [6, 6.07) is 14.6. The number of carboxylic acids is 1.